The van der Waals surface area contributed by atoms with Gasteiger partial charge in [0, 0.05) is 23.1 Å². The summed E-state index contributed by atoms with van der Waals surface area (Å²) in [6, 6.07) is 4.78. The number of hydrogen-bond acceptors (Lipinski definition) is 5. The second-order valence-corrected chi connectivity index (χ2v) is 8.45. The Labute approximate surface area is 142 Å². The fourth-order valence-electron chi connectivity index (χ4n) is 2.69. The van der Waals surface area contributed by atoms with Crippen LogP contribution in [0.25, 0.3) is 0 Å². The van der Waals surface area contributed by atoms with Crippen LogP contribution >= 0.6 is 21.6 Å². The number of hydrogen-bond donors (Lipinski definition) is 2. The maximum atomic E-state index is 12.0. The molecule has 5 nitrogen and oxygen atoms in total. The van der Waals surface area contributed by atoms with Crippen LogP contribution in [0.3, 0.4) is 0 Å². The van der Waals surface area contributed by atoms with Crippen molar-refractivity contribution in [3.8, 4) is 0 Å². The summed E-state index contributed by atoms with van der Waals surface area (Å²) in [6.07, 6.45) is 4.86. The highest BCUT2D eigenvalue weighted by atomic mass is 33.1. The van der Waals surface area contributed by atoms with Gasteiger partial charge in [-0.1, -0.05) is 28.0 Å². The molecule has 0 unspecified atom stereocenters. The molecule has 7 heteroatoms. The molecule has 3 rings (SSSR count). The van der Waals surface area contributed by atoms with Crippen LogP contribution in [0.5, 0.6) is 0 Å². The van der Waals surface area contributed by atoms with Gasteiger partial charge in [-0.15, -0.1) is 0 Å². The molecule has 1 atom stereocenters. The number of carbonyl (C=O) groups is 3. The maximum absolute atomic E-state index is 12.0. The number of unbranched alkanes of at least 4 members (excludes halogenated alkanes) is 1. The first-order chi connectivity index (χ1) is 11.1. The van der Waals surface area contributed by atoms with E-state index < -0.39 is 5.91 Å². The summed E-state index contributed by atoms with van der Waals surface area (Å²) in [5, 5.41) is 5.78. The number of carbonyl (C=O) groups excluding carboxylic acids is 3. The molecule has 0 radical (unpaired) electrons. The largest absolute Gasteiger partial charge is 0.326 e. The first-order valence-corrected chi connectivity index (χ1v) is 10.1. The Kier molecular flexibility index (Phi) is 5.27. The summed E-state index contributed by atoms with van der Waals surface area (Å²) in [4.78, 5) is 35.0. The van der Waals surface area contributed by atoms with Gasteiger partial charge in [-0.2, -0.15) is 0 Å². The number of rotatable bonds is 6. The van der Waals surface area contributed by atoms with Crippen LogP contribution in [-0.4, -0.2) is 28.7 Å². The Bertz CT molecular complexity index is 642. The average molecular weight is 350 g/mol. The van der Waals surface area contributed by atoms with E-state index in [1.54, 1.807) is 18.2 Å². The lowest BCUT2D eigenvalue weighted by molar-refractivity contribution is -0.116. The molecule has 0 aromatic heterocycles. The molecule has 122 valence electrons. The molecule has 1 aromatic carbocycles. The van der Waals surface area contributed by atoms with Crippen molar-refractivity contribution < 1.29 is 14.4 Å². The topological polar surface area (TPSA) is 75.3 Å². The Morgan fingerprint density at radius 1 is 1.22 bits per heavy atom. The molecule has 0 spiro atoms. The van der Waals surface area contributed by atoms with Crippen molar-refractivity contribution in [2.24, 2.45) is 0 Å². The van der Waals surface area contributed by atoms with Gasteiger partial charge < -0.3 is 5.32 Å². The second-order valence-electron chi connectivity index (χ2n) is 5.67. The lowest BCUT2D eigenvalue weighted by Crippen LogP contribution is -2.19. The normalized spacial score (nSPS) is 19.6. The zero-order valence-corrected chi connectivity index (χ0v) is 14.2. The molecular formula is C16H18N2O3S2. The van der Waals surface area contributed by atoms with Gasteiger partial charge in [-0.25, -0.2) is 0 Å². The highest BCUT2D eigenvalue weighted by Gasteiger charge is 2.26. The van der Waals surface area contributed by atoms with E-state index in [0.29, 0.717) is 23.2 Å². The summed E-state index contributed by atoms with van der Waals surface area (Å²) in [5.74, 6) is 0.395. The number of benzene rings is 1. The molecule has 1 fully saturated rings. The van der Waals surface area contributed by atoms with Crippen molar-refractivity contribution in [1.82, 2.24) is 5.32 Å². The van der Waals surface area contributed by atoms with Crippen LogP contribution in [0.4, 0.5) is 5.69 Å². The van der Waals surface area contributed by atoms with E-state index in [2.05, 4.69) is 10.6 Å². The minimum atomic E-state index is -0.409. The van der Waals surface area contributed by atoms with Crippen LogP contribution in [-0.2, 0) is 4.79 Å². The van der Waals surface area contributed by atoms with Crippen molar-refractivity contribution in [3.63, 3.8) is 0 Å². The maximum Gasteiger partial charge on any atom is 0.259 e. The zero-order chi connectivity index (χ0) is 16.2. The average Bonchev–Trinajstić information content (AvgIpc) is 3.13. The SMILES string of the molecule is O=C(CCCC[C@H]1CCSS1)Nc1ccc2c(c1)C(=O)NC2=O. The van der Waals surface area contributed by atoms with E-state index in [-0.39, 0.29) is 11.8 Å². The zero-order valence-electron chi connectivity index (χ0n) is 12.6. The number of nitrogens with one attached hydrogen (secondary N) is 2. The van der Waals surface area contributed by atoms with Crippen molar-refractivity contribution >= 4 is 45.0 Å². The Morgan fingerprint density at radius 2 is 2.04 bits per heavy atom. The van der Waals surface area contributed by atoms with Crippen molar-refractivity contribution in [2.45, 2.75) is 37.4 Å². The molecule has 1 saturated heterocycles. The van der Waals surface area contributed by atoms with Crippen molar-refractivity contribution in [3.05, 3.63) is 29.3 Å². The van der Waals surface area contributed by atoms with Crippen LogP contribution in [0.2, 0.25) is 0 Å². The van der Waals surface area contributed by atoms with Gasteiger partial charge in [0.25, 0.3) is 11.8 Å². The minimum Gasteiger partial charge on any atom is -0.326 e. The lowest BCUT2D eigenvalue weighted by Gasteiger charge is -2.08. The van der Waals surface area contributed by atoms with Gasteiger partial charge in [0.1, 0.15) is 0 Å². The Balaban J connectivity index is 1.45. The number of anilines is 1. The van der Waals surface area contributed by atoms with Crippen LogP contribution < -0.4 is 10.6 Å². The third kappa shape index (κ3) is 4.09. The highest BCUT2D eigenvalue weighted by molar-refractivity contribution is 8.77. The first kappa shape index (κ1) is 16.4. The molecule has 2 aliphatic rings. The third-order valence-corrected chi connectivity index (χ3v) is 6.93. The standard InChI is InChI=1S/C16H18N2O3S2/c19-14(4-2-1-3-11-7-8-22-23-11)17-10-5-6-12-13(9-10)16(21)18-15(12)20/h5-6,9,11H,1-4,7-8H2,(H,17,19)(H,18,20,21)/t11-/m0/s1. The smallest absolute Gasteiger partial charge is 0.259 e. The molecule has 23 heavy (non-hydrogen) atoms. The van der Waals surface area contributed by atoms with E-state index in [0.717, 1.165) is 18.1 Å². The quantitative estimate of drug-likeness (QED) is 0.468. The minimum absolute atomic E-state index is 0.0527. The Hall–Kier alpha value is -1.47. The highest BCUT2D eigenvalue weighted by Crippen LogP contribution is 2.39. The predicted molar refractivity (Wildman–Crippen MR) is 93.8 cm³/mol. The van der Waals surface area contributed by atoms with E-state index in [9.17, 15) is 14.4 Å². The first-order valence-electron chi connectivity index (χ1n) is 7.71. The van der Waals surface area contributed by atoms with Crippen LogP contribution in [0, 0.1) is 0 Å². The van der Waals surface area contributed by atoms with Gasteiger partial charge in [0.15, 0.2) is 0 Å². The summed E-state index contributed by atoms with van der Waals surface area (Å²) < 4.78 is 0. The molecule has 3 amide bonds. The molecule has 2 heterocycles. The van der Waals surface area contributed by atoms with Crippen molar-refractivity contribution in [2.75, 3.05) is 11.1 Å². The number of imide groups is 1. The number of amides is 3. The lowest BCUT2D eigenvalue weighted by atomic mass is 10.1. The van der Waals surface area contributed by atoms with Crippen LogP contribution in [0.15, 0.2) is 18.2 Å². The third-order valence-electron chi connectivity index (χ3n) is 3.93. The van der Waals surface area contributed by atoms with E-state index in [1.165, 1.54) is 18.6 Å². The fraction of sp³-hybridized carbons (Fsp3) is 0.438. The van der Waals surface area contributed by atoms with E-state index >= 15 is 0 Å². The summed E-state index contributed by atoms with van der Waals surface area (Å²) in [6.45, 7) is 0. The molecule has 0 aliphatic carbocycles. The van der Waals surface area contributed by atoms with Gasteiger partial charge in [0.05, 0.1) is 11.1 Å². The summed E-state index contributed by atoms with van der Waals surface area (Å²) in [5.41, 5.74) is 1.24. The molecule has 0 saturated carbocycles. The monoisotopic (exact) mass is 350 g/mol. The Morgan fingerprint density at radius 3 is 2.83 bits per heavy atom. The summed E-state index contributed by atoms with van der Waals surface area (Å²) in [7, 11) is 3.91. The molecule has 0 bridgehead atoms. The molecule has 2 N–H and O–H groups in total. The van der Waals surface area contributed by atoms with Gasteiger partial charge >= 0.3 is 0 Å². The van der Waals surface area contributed by atoms with Crippen LogP contribution in [0.1, 0.15) is 52.8 Å². The number of fused-ring (bicyclic) bond motifs is 1. The predicted octanol–water partition coefficient (Wildman–Crippen LogP) is 3.22. The van der Waals surface area contributed by atoms with Gasteiger partial charge in [-0.3, -0.25) is 19.7 Å². The summed E-state index contributed by atoms with van der Waals surface area (Å²) >= 11 is 0. The van der Waals surface area contributed by atoms with Gasteiger partial charge in [0.2, 0.25) is 5.91 Å². The fourth-order valence-corrected chi connectivity index (χ4v) is 5.72. The van der Waals surface area contributed by atoms with E-state index in [1.807, 2.05) is 21.6 Å². The van der Waals surface area contributed by atoms with Gasteiger partial charge in [-0.05, 0) is 37.5 Å². The molecule has 1 aromatic rings. The van der Waals surface area contributed by atoms with E-state index in [4.69, 9.17) is 0 Å². The van der Waals surface area contributed by atoms with Crippen molar-refractivity contribution in [1.29, 1.82) is 0 Å². The second kappa shape index (κ2) is 7.40. The molecule has 2 aliphatic heterocycles. The molecular weight excluding hydrogens is 332 g/mol.